The summed E-state index contributed by atoms with van der Waals surface area (Å²) in [6.45, 7) is 5.88. The van der Waals surface area contributed by atoms with Crippen molar-refractivity contribution in [3.63, 3.8) is 0 Å². The Morgan fingerprint density at radius 3 is 1.91 bits per heavy atom. The molecule has 0 aliphatic rings. The quantitative estimate of drug-likeness (QED) is 0.161. The second-order valence-corrected chi connectivity index (χ2v) is 13.7. The third kappa shape index (κ3) is 9.71. The Bertz CT molecular complexity index is 1330. The summed E-state index contributed by atoms with van der Waals surface area (Å²) in [5.74, 6) is -0.260. The van der Waals surface area contributed by atoms with Crippen LogP contribution in [0.15, 0.2) is 89.8 Å². The SMILES string of the molecule is CC[C@@H](CCC[C@@H](CO)N(CCC(C)C)S(=O)(=O)c1ccc(CO)cc1)NC(=O)[C@@H](N)C(c1ccccc1)c1ccccc1. The second-order valence-electron chi connectivity index (χ2n) is 11.8. The van der Waals surface area contributed by atoms with E-state index in [0.717, 1.165) is 11.1 Å². The van der Waals surface area contributed by atoms with E-state index >= 15 is 0 Å². The molecule has 0 saturated heterocycles. The first kappa shape index (κ1) is 35.4. The Morgan fingerprint density at radius 2 is 1.43 bits per heavy atom. The zero-order valence-electron chi connectivity index (χ0n) is 26.2. The molecule has 0 aliphatic carbocycles. The van der Waals surface area contributed by atoms with Gasteiger partial charge in [0.1, 0.15) is 0 Å². The third-order valence-corrected chi connectivity index (χ3v) is 10.1. The lowest BCUT2D eigenvalue weighted by Gasteiger charge is -2.31. The first-order chi connectivity index (χ1) is 21.1. The molecule has 9 heteroatoms. The van der Waals surface area contributed by atoms with Gasteiger partial charge in [-0.2, -0.15) is 4.31 Å². The molecule has 0 aliphatic heterocycles. The van der Waals surface area contributed by atoms with Gasteiger partial charge in [0.05, 0.1) is 24.2 Å². The Balaban J connectivity index is 1.69. The van der Waals surface area contributed by atoms with Gasteiger partial charge < -0.3 is 21.3 Å². The molecule has 0 fully saturated rings. The van der Waals surface area contributed by atoms with Crippen molar-refractivity contribution in [3.05, 3.63) is 102 Å². The molecule has 0 aromatic heterocycles. The number of sulfonamides is 1. The zero-order valence-corrected chi connectivity index (χ0v) is 27.0. The van der Waals surface area contributed by atoms with E-state index in [1.54, 1.807) is 12.1 Å². The van der Waals surface area contributed by atoms with Crippen LogP contribution in [0.1, 0.15) is 75.5 Å². The van der Waals surface area contributed by atoms with E-state index in [1.807, 2.05) is 81.4 Å². The fourth-order valence-corrected chi connectivity index (χ4v) is 7.13. The fraction of sp³-hybridized carbons (Fsp3) is 0.457. The molecular weight excluding hydrogens is 574 g/mol. The molecule has 0 unspecified atom stereocenters. The van der Waals surface area contributed by atoms with E-state index in [-0.39, 0.29) is 48.4 Å². The van der Waals surface area contributed by atoms with Gasteiger partial charge >= 0.3 is 0 Å². The molecule has 3 atom stereocenters. The van der Waals surface area contributed by atoms with Crippen LogP contribution < -0.4 is 11.1 Å². The summed E-state index contributed by atoms with van der Waals surface area (Å²) in [5, 5.41) is 22.8. The van der Waals surface area contributed by atoms with Gasteiger partial charge in [-0.3, -0.25) is 4.79 Å². The molecule has 5 N–H and O–H groups in total. The molecule has 3 aromatic rings. The van der Waals surface area contributed by atoms with Gasteiger partial charge in [-0.1, -0.05) is 93.6 Å². The number of nitrogens with one attached hydrogen (secondary N) is 1. The molecule has 0 spiro atoms. The largest absolute Gasteiger partial charge is 0.395 e. The Morgan fingerprint density at radius 1 is 0.864 bits per heavy atom. The van der Waals surface area contributed by atoms with Gasteiger partial charge in [-0.25, -0.2) is 8.42 Å². The number of aliphatic hydroxyl groups excluding tert-OH is 2. The van der Waals surface area contributed by atoms with Crippen molar-refractivity contribution < 1.29 is 23.4 Å². The normalized spacial score (nSPS) is 14.1. The molecule has 0 radical (unpaired) electrons. The average Bonchev–Trinajstić information content (AvgIpc) is 3.04. The number of nitrogens with zero attached hydrogens (tertiary/aromatic N) is 1. The monoisotopic (exact) mass is 623 g/mol. The molecule has 0 saturated carbocycles. The maximum Gasteiger partial charge on any atom is 0.243 e. The van der Waals surface area contributed by atoms with E-state index in [9.17, 15) is 23.4 Å². The van der Waals surface area contributed by atoms with Gasteiger partial charge in [-0.15, -0.1) is 0 Å². The fourth-order valence-electron chi connectivity index (χ4n) is 5.47. The predicted molar refractivity (Wildman–Crippen MR) is 175 cm³/mol. The van der Waals surface area contributed by atoms with Crippen molar-refractivity contribution in [3.8, 4) is 0 Å². The molecule has 3 rings (SSSR count). The van der Waals surface area contributed by atoms with Crippen molar-refractivity contribution in [2.45, 2.75) is 88.4 Å². The third-order valence-electron chi connectivity index (χ3n) is 8.17. The highest BCUT2D eigenvalue weighted by Gasteiger charge is 2.32. The lowest BCUT2D eigenvalue weighted by atomic mass is 9.85. The number of benzene rings is 3. The highest BCUT2D eigenvalue weighted by molar-refractivity contribution is 7.89. The standard InChI is InChI=1S/C35H49N3O5S/c1-4-30(37-35(41)34(36)33(28-12-7-5-8-13-28)29-14-9-6-10-15-29)16-11-17-31(25-40)38(23-22-26(2)3)44(42,43)32-20-18-27(24-39)19-21-32/h5-10,12-15,18-21,26,30-31,33-34,39-40H,4,11,16-17,22-25,36H2,1-3H3,(H,37,41)/t30-,31-,34-/m0/s1. The summed E-state index contributed by atoms with van der Waals surface area (Å²) in [6.07, 6.45) is 3.01. The van der Waals surface area contributed by atoms with Crippen LogP contribution in [-0.4, -0.2) is 60.1 Å². The van der Waals surface area contributed by atoms with E-state index in [4.69, 9.17) is 5.73 Å². The maximum absolute atomic E-state index is 13.7. The van der Waals surface area contributed by atoms with E-state index in [1.165, 1.54) is 16.4 Å². The number of rotatable bonds is 18. The van der Waals surface area contributed by atoms with Gasteiger partial charge in [0, 0.05) is 24.5 Å². The summed E-state index contributed by atoms with van der Waals surface area (Å²) in [6, 6.07) is 24.2. The number of carbonyl (C=O) groups is 1. The van der Waals surface area contributed by atoms with Crippen LogP contribution in [0.2, 0.25) is 0 Å². The summed E-state index contributed by atoms with van der Waals surface area (Å²) in [5.41, 5.74) is 9.17. The minimum absolute atomic E-state index is 0.135. The molecule has 240 valence electrons. The van der Waals surface area contributed by atoms with Crippen molar-refractivity contribution in [1.82, 2.24) is 9.62 Å². The van der Waals surface area contributed by atoms with Gasteiger partial charge in [0.2, 0.25) is 15.9 Å². The number of aliphatic hydroxyl groups is 2. The highest BCUT2D eigenvalue weighted by atomic mass is 32.2. The van der Waals surface area contributed by atoms with Gasteiger partial charge in [0.15, 0.2) is 0 Å². The summed E-state index contributed by atoms with van der Waals surface area (Å²) >= 11 is 0. The number of carbonyl (C=O) groups excluding carboxylic acids is 1. The molecule has 0 bridgehead atoms. The lowest BCUT2D eigenvalue weighted by molar-refractivity contribution is -0.123. The topological polar surface area (TPSA) is 133 Å². The molecule has 3 aromatic carbocycles. The van der Waals surface area contributed by atoms with Crippen LogP contribution in [0.3, 0.4) is 0 Å². The molecule has 44 heavy (non-hydrogen) atoms. The number of hydrogen-bond donors (Lipinski definition) is 4. The zero-order chi connectivity index (χ0) is 32.1. The van der Waals surface area contributed by atoms with E-state index in [2.05, 4.69) is 5.32 Å². The molecule has 0 heterocycles. The van der Waals surface area contributed by atoms with Crippen LogP contribution in [0.4, 0.5) is 0 Å². The minimum atomic E-state index is -3.88. The summed E-state index contributed by atoms with van der Waals surface area (Å²) in [7, 11) is -3.88. The number of hydrogen-bond acceptors (Lipinski definition) is 6. The summed E-state index contributed by atoms with van der Waals surface area (Å²) in [4.78, 5) is 13.6. The molecule has 1 amide bonds. The Hall–Kier alpha value is -3.08. The predicted octanol–water partition coefficient (Wildman–Crippen LogP) is 4.80. The first-order valence-corrected chi connectivity index (χ1v) is 17.0. The number of amides is 1. The first-order valence-electron chi connectivity index (χ1n) is 15.6. The van der Waals surface area contributed by atoms with Gasteiger partial charge in [0.25, 0.3) is 0 Å². The van der Waals surface area contributed by atoms with Crippen molar-refractivity contribution in [1.29, 1.82) is 0 Å². The van der Waals surface area contributed by atoms with E-state index in [0.29, 0.717) is 37.7 Å². The summed E-state index contributed by atoms with van der Waals surface area (Å²) < 4.78 is 28.8. The van der Waals surface area contributed by atoms with Crippen LogP contribution >= 0.6 is 0 Å². The van der Waals surface area contributed by atoms with Crippen molar-refractivity contribution >= 4 is 15.9 Å². The number of nitrogens with two attached hydrogens (primary N) is 1. The van der Waals surface area contributed by atoms with Crippen LogP contribution in [0.5, 0.6) is 0 Å². The average molecular weight is 624 g/mol. The van der Waals surface area contributed by atoms with Crippen LogP contribution in [0, 0.1) is 5.92 Å². The highest BCUT2D eigenvalue weighted by Crippen LogP contribution is 2.28. The van der Waals surface area contributed by atoms with Crippen molar-refractivity contribution in [2.24, 2.45) is 11.7 Å². The second kappa shape index (κ2) is 17.4. The molecular formula is C35H49N3O5S. The maximum atomic E-state index is 13.7. The minimum Gasteiger partial charge on any atom is -0.395 e. The van der Waals surface area contributed by atoms with Crippen LogP contribution in [0.25, 0.3) is 0 Å². The van der Waals surface area contributed by atoms with E-state index < -0.39 is 22.1 Å². The molecule has 8 nitrogen and oxygen atoms in total. The Kier molecular flexibility index (Phi) is 14.0. The Labute approximate surface area is 263 Å². The van der Waals surface area contributed by atoms with Crippen molar-refractivity contribution in [2.75, 3.05) is 13.2 Å². The smallest absolute Gasteiger partial charge is 0.243 e. The van der Waals surface area contributed by atoms with Crippen LogP contribution in [-0.2, 0) is 21.4 Å². The van der Waals surface area contributed by atoms with Gasteiger partial charge in [-0.05, 0) is 66.8 Å². The lowest BCUT2D eigenvalue weighted by Crippen LogP contribution is -2.48.